The highest BCUT2D eigenvalue weighted by Crippen LogP contribution is 2.62. The van der Waals surface area contributed by atoms with Gasteiger partial charge in [-0.15, -0.1) is 0 Å². The summed E-state index contributed by atoms with van der Waals surface area (Å²) in [7, 11) is 0. The molecule has 0 saturated heterocycles. The van der Waals surface area contributed by atoms with Gasteiger partial charge in [0.15, 0.2) is 0 Å². The fraction of sp³-hybridized carbons (Fsp3) is 0.368. The zero-order valence-corrected chi connectivity index (χ0v) is 25.9. The Bertz CT molecular complexity index is 1690. The van der Waals surface area contributed by atoms with Crippen molar-refractivity contribution in [1.29, 1.82) is 0 Å². The zero-order chi connectivity index (χ0) is 31.6. The van der Waals surface area contributed by atoms with Gasteiger partial charge in [-0.25, -0.2) is 9.59 Å². The predicted octanol–water partition coefficient (Wildman–Crippen LogP) is 6.97. The number of rotatable bonds is 8. The van der Waals surface area contributed by atoms with E-state index in [1.807, 2.05) is 48.5 Å². The van der Waals surface area contributed by atoms with E-state index in [-0.39, 0.29) is 48.8 Å². The Morgan fingerprint density at radius 1 is 1.09 bits per heavy atom. The lowest BCUT2D eigenvalue weighted by atomic mass is 9.46. The first-order valence-electron chi connectivity index (χ1n) is 15.7. The van der Waals surface area contributed by atoms with E-state index < -0.39 is 17.5 Å². The summed E-state index contributed by atoms with van der Waals surface area (Å²) in [6, 6.07) is 17.3. The number of cyclic esters (lactones) is 1. The van der Waals surface area contributed by atoms with Crippen molar-refractivity contribution in [1.82, 2.24) is 4.98 Å². The van der Waals surface area contributed by atoms with Crippen LogP contribution in [0.4, 0.5) is 0 Å². The van der Waals surface area contributed by atoms with E-state index in [1.165, 1.54) is 6.20 Å². The molecular weight excluding hydrogens is 566 g/mol. The van der Waals surface area contributed by atoms with Gasteiger partial charge in [0.2, 0.25) is 0 Å². The van der Waals surface area contributed by atoms with Gasteiger partial charge in [-0.2, -0.15) is 0 Å². The summed E-state index contributed by atoms with van der Waals surface area (Å²) in [4.78, 5) is 42.9. The molecule has 2 aliphatic carbocycles. The summed E-state index contributed by atoms with van der Waals surface area (Å²) in [5, 5.41) is 2.10. The highest BCUT2D eigenvalue weighted by Gasteiger charge is 2.59. The van der Waals surface area contributed by atoms with Crippen molar-refractivity contribution in [3.63, 3.8) is 0 Å². The highest BCUT2D eigenvalue weighted by molar-refractivity contribution is 5.93. The maximum atomic E-state index is 13.4. The Kier molecular flexibility index (Phi) is 8.45. The van der Waals surface area contributed by atoms with E-state index in [9.17, 15) is 14.4 Å². The third kappa shape index (κ3) is 5.96. The van der Waals surface area contributed by atoms with E-state index in [0.29, 0.717) is 17.6 Å². The Morgan fingerprint density at radius 2 is 1.91 bits per heavy atom. The van der Waals surface area contributed by atoms with Crippen molar-refractivity contribution in [3.8, 4) is 0 Å². The van der Waals surface area contributed by atoms with Gasteiger partial charge >= 0.3 is 17.9 Å². The van der Waals surface area contributed by atoms with Crippen LogP contribution in [-0.4, -0.2) is 42.2 Å². The molecule has 3 aliphatic rings. The van der Waals surface area contributed by atoms with Crippen LogP contribution in [-0.2, 0) is 30.2 Å². The average molecular weight is 606 g/mol. The summed E-state index contributed by atoms with van der Waals surface area (Å²) in [5.74, 6) is -1.04. The molecule has 0 spiro atoms. The molecule has 2 saturated carbocycles. The SMILES string of the molecule is C=C1CC[C@@H]2[C@](C)(COC(=O)Cc3cccc4ccccc34)[C@H](OC(=O)c3cccnc3)CC[C@@]2(C)[C@@H]1/C=C/C1=CCOC1=O. The minimum Gasteiger partial charge on any atom is -0.465 e. The lowest BCUT2D eigenvalue weighted by Gasteiger charge is -2.59. The van der Waals surface area contributed by atoms with Crippen molar-refractivity contribution in [2.45, 2.75) is 52.1 Å². The van der Waals surface area contributed by atoms with Crippen molar-refractivity contribution >= 4 is 28.7 Å². The van der Waals surface area contributed by atoms with Crippen molar-refractivity contribution in [3.05, 3.63) is 114 Å². The van der Waals surface area contributed by atoms with Gasteiger partial charge in [0.1, 0.15) is 19.3 Å². The molecule has 0 unspecified atom stereocenters. The second-order valence-electron chi connectivity index (χ2n) is 13.0. The molecule has 0 N–H and O–H groups in total. The number of carbonyl (C=O) groups excluding carboxylic acids is 3. The van der Waals surface area contributed by atoms with Gasteiger partial charge in [0.25, 0.3) is 0 Å². The van der Waals surface area contributed by atoms with Gasteiger partial charge in [-0.3, -0.25) is 9.78 Å². The fourth-order valence-corrected chi connectivity index (χ4v) is 7.93. The molecule has 7 nitrogen and oxygen atoms in total. The first-order valence-corrected chi connectivity index (χ1v) is 15.7. The molecule has 5 atom stereocenters. The number of nitrogens with zero attached hydrogens (tertiary/aromatic N) is 1. The number of hydrogen-bond acceptors (Lipinski definition) is 7. The molecule has 2 aromatic carbocycles. The number of carbonyl (C=O) groups is 3. The lowest BCUT2D eigenvalue weighted by molar-refractivity contribution is -0.172. The zero-order valence-electron chi connectivity index (χ0n) is 25.9. The number of esters is 3. The molecule has 232 valence electrons. The van der Waals surface area contributed by atoms with Crippen molar-refractivity contribution in [2.24, 2.45) is 22.7 Å². The molecule has 6 rings (SSSR count). The van der Waals surface area contributed by atoms with Crippen LogP contribution in [0, 0.1) is 22.7 Å². The standard InChI is InChI=1S/C38H39NO6/c1-25-13-16-32-37(2,31(25)15-14-27-18-21-43-35(27)41)19-17-33(45-36(42)29-11-7-20-39-23-29)38(32,3)24-44-34(40)22-28-10-6-9-26-8-4-5-12-30(26)28/h4-12,14-15,18,20,23,31-33H,1,13,16-17,19,21-22,24H2,2-3H3/b15-14+/t31-,32+,33-,37+,38+/m1/s1. The molecule has 0 amide bonds. The molecule has 0 bridgehead atoms. The van der Waals surface area contributed by atoms with Gasteiger partial charge in [-0.05, 0) is 71.6 Å². The summed E-state index contributed by atoms with van der Waals surface area (Å²) < 4.78 is 17.4. The number of hydrogen-bond donors (Lipinski definition) is 0. The Balaban J connectivity index is 1.28. The van der Waals surface area contributed by atoms with Crippen LogP contribution in [0.5, 0.6) is 0 Å². The van der Waals surface area contributed by atoms with Crippen LogP contribution in [0.3, 0.4) is 0 Å². The summed E-state index contributed by atoms with van der Waals surface area (Å²) in [6.45, 7) is 9.18. The van der Waals surface area contributed by atoms with E-state index >= 15 is 0 Å². The Hall–Kier alpha value is -4.52. The first kappa shape index (κ1) is 30.5. The second kappa shape index (κ2) is 12.5. The average Bonchev–Trinajstić information content (AvgIpc) is 3.46. The molecule has 1 aromatic heterocycles. The topological polar surface area (TPSA) is 91.8 Å². The second-order valence-corrected chi connectivity index (χ2v) is 13.0. The molecule has 0 radical (unpaired) electrons. The van der Waals surface area contributed by atoms with Crippen molar-refractivity contribution < 1.29 is 28.6 Å². The smallest absolute Gasteiger partial charge is 0.339 e. The number of pyridine rings is 1. The largest absolute Gasteiger partial charge is 0.465 e. The van der Waals surface area contributed by atoms with E-state index in [2.05, 4.69) is 31.5 Å². The summed E-state index contributed by atoms with van der Waals surface area (Å²) >= 11 is 0. The van der Waals surface area contributed by atoms with Crippen LogP contribution in [0.2, 0.25) is 0 Å². The molecule has 2 fully saturated rings. The fourth-order valence-electron chi connectivity index (χ4n) is 7.93. The highest BCUT2D eigenvalue weighted by atomic mass is 16.6. The predicted molar refractivity (Wildman–Crippen MR) is 171 cm³/mol. The number of fused-ring (bicyclic) bond motifs is 2. The van der Waals surface area contributed by atoms with Crippen LogP contribution in [0.15, 0.2) is 103 Å². The van der Waals surface area contributed by atoms with Gasteiger partial charge in [0, 0.05) is 23.7 Å². The van der Waals surface area contributed by atoms with Crippen LogP contribution >= 0.6 is 0 Å². The van der Waals surface area contributed by atoms with E-state index in [0.717, 1.165) is 41.2 Å². The third-order valence-corrected chi connectivity index (χ3v) is 10.3. The molecular formula is C38H39NO6. The van der Waals surface area contributed by atoms with Crippen molar-refractivity contribution in [2.75, 3.05) is 13.2 Å². The van der Waals surface area contributed by atoms with Gasteiger partial charge in [0.05, 0.1) is 17.6 Å². The minimum atomic E-state index is -0.669. The maximum absolute atomic E-state index is 13.4. The van der Waals surface area contributed by atoms with Gasteiger partial charge < -0.3 is 14.2 Å². The van der Waals surface area contributed by atoms with Crippen LogP contribution in [0.1, 0.15) is 55.5 Å². The number of allylic oxidation sites excluding steroid dienone is 2. The quantitative estimate of drug-likeness (QED) is 0.156. The molecule has 1 aliphatic heterocycles. The van der Waals surface area contributed by atoms with E-state index in [4.69, 9.17) is 14.2 Å². The Morgan fingerprint density at radius 3 is 2.69 bits per heavy atom. The lowest BCUT2D eigenvalue weighted by Crippen LogP contribution is -2.58. The summed E-state index contributed by atoms with van der Waals surface area (Å²) in [5.41, 5.74) is 2.03. The molecule has 2 heterocycles. The monoisotopic (exact) mass is 605 g/mol. The number of ether oxygens (including phenoxy) is 3. The van der Waals surface area contributed by atoms with Gasteiger partial charge in [-0.1, -0.05) is 80.6 Å². The maximum Gasteiger partial charge on any atom is 0.339 e. The minimum absolute atomic E-state index is 0.00812. The van der Waals surface area contributed by atoms with Crippen LogP contribution < -0.4 is 0 Å². The number of benzene rings is 2. The molecule has 3 aromatic rings. The summed E-state index contributed by atoms with van der Waals surface area (Å²) in [6.07, 6.45) is 11.5. The molecule has 45 heavy (non-hydrogen) atoms. The van der Waals surface area contributed by atoms with Crippen LogP contribution in [0.25, 0.3) is 10.8 Å². The van der Waals surface area contributed by atoms with E-state index in [1.54, 1.807) is 24.4 Å². The normalized spacial score (nSPS) is 28.0. The molecule has 7 heteroatoms. The first-order chi connectivity index (χ1) is 21.7. The third-order valence-electron chi connectivity index (χ3n) is 10.3. The Labute approximate surface area is 264 Å². The number of aromatic nitrogens is 1.